The van der Waals surface area contributed by atoms with Gasteiger partial charge in [0, 0.05) is 71.0 Å². The van der Waals surface area contributed by atoms with E-state index in [4.69, 9.17) is 61.6 Å². The van der Waals surface area contributed by atoms with E-state index in [0.29, 0.717) is 51.4 Å². The van der Waals surface area contributed by atoms with Crippen LogP contribution in [0.5, 0.6) is 0 Å². The molecule has 25 atom stereocenters. The normalized spacial score (nSPS) is 48.1. The molecule has 0 radical (unpaired) electrons. The van der Waals surface area contributed by atoms with Gasteiger partial charge in [0.1, 0.15) is 59.7 Å². The monoisotopic (exact) mass is 1090 g/mol. The lowest BCUT2D eigenvalue weighted by Crippen LogP contribution is -2.75. The number of aliphatic hydroxyl groups excluding tert-OH is 2. The van der Waals surface area contributed by atoms with Crippen molar-refractivity contribution in [3.63, 3.8) is 0 Å². The number of esters is 1. The zero-order chi connectivity index (χ0) is 55.4. The smallest absolute Gasteiger partial charge is 0.331 e. The fourth-order valence-electron chi connectivity index (χ4n) is 15.1. The Kier molecular flexibility index (Phi) is 18.0. The molecule has 3 saturated carbocycles. The molecule has 0 amide bonds. The van der Waals surface area contributed by atoms with Gasteiger partial charge in [-0.3, -0.25) is 4.79 Å². The number of hydrogen-bond acceptors (Lipinski definition) is 19. The van der Waals surface area contributed by atoms with E-state index in [9.17, 15) is 30.0 Å². The van der Waals surface area contributed by atoms with E-state index in [0.717, 1.165) is 11.1 Å². The maximum Gasteiger partial charge on any atom is 0.331 e. The van der Waals surface area contributed by atoms with Crippen LogP contribution in [-0.2, 0) is 71.2 Å². The number of aliphatic hydroxyl groups is 4. The topological polar surface area (TPSA) is 235 Å². The number of rotatable bonds is 16. The number of Topliss-reactive ketones (excluding diaryl/α,β-unsaturated/α-hetero) is 1. The molecule has 432 valence electrons. The summed E-state index contributed by atoms with van der Waals surface area (Å²) in [5, 5.41) is 47.3. The third kappa shape index (κ3) is 10.9. The molecule has 4 N–H and O–H groups in total. The van der Waals surface area contributed by atoms with Crippen LogP contribution < -0.4 is 0 Å². The second-order valence-electron chi connectivity index (χ2n) is 23.6. The first kappa shape index (κ1) is 58.8. The Balaban J connectivity index is 0.802. The van der Waals surface area contributed by atoms with Crippen LogP contribution in [0.3, 0.4) is 0 Å². The van der Waals surface area contributed by atoms with Crippen molar-refractivity contribution >= 4 is 17.8 Å². The molecule has 9 rings (SSSR count). The van der Waals surface area contributed by atoms with E-state index < -0.39 is 150 Å². The molecule has 19 nitrogen and oxygen atoms in total. The molecule has 4 heterocycles. The van der Waals surface area contributed by atoms with Crippen molar-refractivity contribution in [3.05, 3.63) is 53.6 Å². The molecule has 0 aromatic heterocycles. The van der Waals surface area contributed by atoms with Crippen molar-refractivity contribution in [2.45, 2.75) is 241 Å². The molecule has 8 aliphatic rings. The van der Waals surface area contributed by atoms with E-state index in [2.05, 4.69) is 13.0 Å². The lowest BCUT2D eigenvalue weighted by atomic mass is 9.43. The summed E-state index contributed by atoms with van der Waals surface area (Å²) in [5.74, 6) is -1.71. The molecule has 19 heteroatoms. The van der Waals surface area contributed by atoms with Crippen molar-refractivity contribution in [1.29, 1.82) is 0 Å². The van der Waals surface area contributed by atoms with Crippen LogP contribution >= 0.6 is 0 Å². The van der Waals surface area contributed by atoms with Crippen molar-refractivity contribution < 1.29 is 91.6 Å². The zero-order valence-corrected chi connectivity index (χ0v) is 46.7. The van der Waals surface area contributed by atoms with Gasteiger partial charge in [-0.25, -0.2) is 4.79 Å². The van der Waals surface area contributed by atoms with Gasteiger partial charge in [-0.15, -0.1) is 0 Å². The van der Waals surface area contributed by atoms with Crippen molar-refractivity contribution in [1.82, 2.24) is 0 Å². The minimum absolute atomic E-state index is 0.0917. The summed E-state index contributed by atoms with van der Waals surface area (Å²) in [6.07, 6.45) is -3.10. The molecule has 4 aliphatic carbocycles. The quantitative estimate of drug-likeness (QED) is 0.0959. The first-order valence-electron chi connectivity index (χ1n) is 27.9. The standard InChI is InChI=1S/C58H86O19/c1-30(59)38-21-24-58(64)56(38,7)43(74-44(60)18-17-35-15-13-12-14-16-35)29-42-55(6)22-20-37(25-36(55)19-23-57(42,58)63)73-45-26-39(65-8)50(32(3)69-45)75-46-27-40(66-9)51(33(4)70-46)76-47-28-41(67-10)52(34(5)71-47)77-54-49(62)53(68-11)48(61)31(2)72-54/h12-19,31-34,37-43,45-54,61-64H,20-29H2,1-11H3/b18-17+/t31-,32-,33-,34-,37+,38+,39+,40+,41-,42-,43-,45?,46+,47+,48-,49-,50-,51-,52-,53+,54+,55+,56+,57+,58-/m1/s1. The van der Waals surface area contributed by atoms with Crippen LogP contribution in [0.4, 0.5) is 0 Å². The number of fused-ring (bicyclic) bond motifs is 5. The van der Waals surface area contributed by atoms with Gasteiger partial charge in [0.05, 0.1) is 48.8 Å². The van der Waals surface area contributed by atoms with Crippen LogP contribution in [0, 0.1) is 22.7 Å². The summed E-state index contributed by atoms with van der Waals surface area (Å²) in [5.41, 5.74) is -3.04. The fourth-order valence-corrected chi connectivity index (χ4v) is 15.1. The van der Waals surface area contributed by atoms with Gasteiger partial charge in [-0.05, 0) is 96.6 Å². The predicted molar refractivity (Wildman–Crippen MR) is 275 cm³/mol. The summed E-state index contributed by atoms with van der Waals surface area (Å²) in [6, 6.07) is 9.46. The predicted octanol–water partition coefficient (Wildman–Crippen LogP) is 5.09. The molecule has 4 aliphatic heterocycles. The lowest BCUT2D eigenvalue weighted by molar-refractivity contribution is -0.355. The Morgan fingerprint density at radius 3 is 1.77 bits per heavy atom. The summed E-state index contributed by atoms with van der Waals surface area (Å²) in [7, 11) is 6.27. The fraction of sp³-hybridized carbons (Fsp3) is 0.793. The van der Waals surface area contributed by atoms with Crippen LogP contribution in [0.15, 0.2) is 48.1 Å². The molecule has 7 fully saturated rings. The molecule has 77 heavy (non-hydrogen) atoms. The Labute approximate surface area is 453 Å². The van der Waals surface area contributed by atoms with Gasteiger partial charge in [0.15, 0.2) is 25.2 Å². The number of hydrogen-bond donors (Lipinski definition) is 4. The molecule has 1 unspecified atom stereocenters. The summed E-state index contributed by atoms with van der Waals surface area (Å²) in [4.78, 5) is 26.9. The highest BCUT2D eigenvalue weighted by Crippen LogP contribution is 2.70. The number of benzene rings is 1. The second kappa shape index (κ2) is 23.6. The summed E-state index contributed by atoms with van der Waals surface area (Å²) < 4.78 is 81.2. The summed E-state index contributed by atoms with van der Waals surface area (Å²) >= 11 is 0. The molecule has 1 aromatic rings. The van der Waals surface area contributed by atoms with Gasteiger partial charge in [-0.1, -0.05) is 55.8 Å². The van der Waals surface area contributed by atoms with E-state index >= 15 is 0 Å². The largest absolute Gasteiger partial charge is 0.458 e. The van der Waals surface area contributed by atoms with Gasteiger partial charge >= 0.3 is 5.97 Å². The lowest BCUT2D eigenvalue weighted by Gasteiger charge is -2.66. The number of carbonyl (C=O) groups is 2. The number of ether oxygens (including phenoxy) is 13. The first-order valence-corrected chi connectivity index (χ1v) is 27.9. The maximum absolute atomic E-state index is 13.6. The molecule has 0 spiro atoms. The number of methoxy groups -OCH3 is 4. The third-order valence-electron chi connectivity index (χ3n) is 19.5. The average Bonchev–Trinajstić information content (AvgIpc) is 3.86. The highest BCUT2D eigenvalue weighted by molar-refractivity contribution is 5.87. The zero-order valence-electron chi connectivity index (χ0n) is 46.7. The van der Waals surface area contributed by atoms with E-state index in [1.807, 2.05) is 58.0 Å². The number of ketones is 1. The van der Waals surface area contributed by atoms with Crippen LogP contribution in [0.1, 0.15) is 118 Å². The van der Waals surface area contributed by atoms with E-state index in [1.54, 1.807) is 34.3 Å². The SMILES string of the molecule is CO[C@@H]1[C@@H](O)[C@H](O[C@@H]2[C@@H](C)O[C@@H](O[C@H]3[C@@H](OC)C[C@H](O[C@H]4[C@@H](OC)CC(O[C@H]5CC[C@@]6(C)C(=CC[C@]7(O)[C@@H]6C[C@@H](OC(=O)/C=C/c6ccccc6)[C@]6(C)[C@H](C(C)=O)CC[C@@]67O)C5)O[C@@H]4C)O[C@@H]3C)C[C@H]2OC)O[C@H](C)[C@H]1O. The Hall–Kier alpha value is -2.80. The van der Waals surface area contributed by atoms with Crippen LogP contribution in [0.2, 0.25) is 0 Å². The Bertz CT molecular complexity index is 2250. The maximum atomic E-state index is 13.6. The van der Waals surface area contributed by atoms with Crippen molar-refractivity contribution in [2.75, 3.05) is 28.4 Å². The van der Waals surface area contributed by atoms with Gasteiger partial charge in [0.2, 0.25) is 0 Å². The second-order valence-corrected chi connectivity index (χ2v) is 23.6. The van der Waals surface area contributed by atoms with Crippen molar-refractivity contribution in [2.24, 2.45) is 22.7 Å². The third-order valence-corrected chi connectivity index (χ3v) is 19.5. The number of carbonyl (C=O) groups excluding carboxylic acids is 2. The van der Waals surface area contributed by atoms with Crippen LogP contribution in [-0.4, -0.2) is 189 Å². The van der Waals surface area contributed by atoms with Gasteiger partial charge in [0.25, 0.3) is 0 Å². The Morgan fingerprint density at radius 2 is 1.22 bits per heavy atom. The highest BCUT2D eigenvalue weighted by Gasteiger charge is 2.77. The molecular formula is C58H86O19. The van der Waals surface area contributed by atoms with E-state index in [-0.39, 0.29) is 24.7 Å². The van der Waals surface area contributed by atoms with Crippen LogP contribution in [0.25, 0.3) is 6.08 Å². The van der Waals surface area contributed by atoms with Gasteiger partial charge in [-0.2, -0.15) is 0 Å². The molecule has 4 saturated heterocycles. The van der Waals surface area contributed by atoms with Gasteiger partial charge < -0.3 is 82.0 Å². The average molecular weight is 1090 g/mol. The summed E-state index contributed by atoms with van der Waals surface area (Å²) in [6.45, 7) is 12.9. The van der Waals surface area contributed by atoms with E-state index in [1.165, 1.54) is 20.1 Å². The molecule has 0 bridgehead atoms. The first-order chi connectivity index (χ1) is 36.6. The highest BCUT2D eigenvalue weighted by atomic mass is 16.8. The minimum atomic E-state index is -1.69. The Morgan fingerprint density at radius 1 is 0.662 bits per heavy atom. The van der Waals surface area contributed by atoms with Crippen molar-refractivity contribution in [3.8, 4) is 0 Å². The minimum Gasteiger partial charge on any atom is -0.458 e. The molecule has 1 aromatic carbocycles. The molecular weight excluding hydrogens is 1000 g/mol.